The predicted molar refractivity (Wildman–Crippen MR) is 60.5 cm³/mol. The van der Waals surface area contributed by atoms with Crippen LogP contribution >= 0.6 is 11.5 Å². The highest BCUT2D eigenvalue weighted by atomic mass is 32.2. The van der Waals surface area contributed by atoms with E-state index in [4.69, 9.17) is 5.14 Å². The molecule has 86 valence electrons. The lowest BCUT2D eigenvalue weighted by Crippen LogP contribution is -2.22. The molecular weight excluding hydrogens is 236 g/mol. The van der Waals surface area contributed by atoms with Gasteiger partial charge in [0.15, 0.2) is 0 Å². The van der Waals surface area contributed by atoms with Gasteiger partial charge >= 0.3 is 0 Å². The SMILES string of the molecule is CC(C)c1nsc(NCCS(N)(=O)=O)n1. The number of rotatable bonds is 5. The Hall–Kier alpha value is -0.730. The summed E-state index contributed by atoms with van der Waals surface area (Å²) in [7, 11) is -3.41. The van der Waals surface area contributed by atoms with Crippen LogP contribution in [0.25, 0.3) is 0 Å². The normalized spacial score (nSPS) is 12.0. The maximum atomic E-state index is 10.6. The number of primary sulfonamides is 1. The zero-order chi connectivity index (χ0) is 11.5. The van der Waals surface area contributed by atoms with Crippen molar-refractivity contribution >= 4 is 26.7 Å². The van der Waals surface area contributed by atoms with E-state index in [1.165, 1.54) is 11.5 Å². The van der Waals surface area contributed by atoms with E-state index in [1.807, 2.05) is 13.8 Å². The summed E-state index contributed by atoms with van der Waals surface area (Å²) in [6.07, 6.45) is 0. The number of hydrogen-bond donors (Lipinski definition) is 2. The molecule has 15 heavy (non-hydrogen) atoms. The summed E-state index contributed by atoms with van der Waals surface area (Å²) in [6, 6.07) is 0. The number of aromatic nitrogens is 2. The zero-order valence-electron chi connectivity index (χ0n) is 8.60. The molecule has 0 aliphatic rings. The van der Waals surface area contributed by atoms with Crippen molar-refractivity contribution in [3.63, 3.8) is 0 Å². The minimum Gasteiger partial charge on any atom is -0.359 e. The van der Waals surface area contributed by atoms with E-state index < -0.39 is 10.0 Å². The molecule has 1 aromatic rings. The third kappa shape index (κ3) is 4.54. The van der Waals surface area contributed by atoms with Gasteiger partial charge in [-0.05, 0) is 0 Å². The largest absolute Gasteiger partial charge is 0.359 e. The number of hydrogen-bond acceptors (Lipinski definition) is 6. The Morgan fingerprint density at radius 1 is 1.53 bits per heavy atom. The van der Waals surface area contributed by atoms with Crippen molar-refractivity contribution in [2.24, 2.45) is 5.14 Å². The standard InChI is InChI=1S/C7H14N4O2S2/c1-5(2)6-10-7(14-11-6)9-3-4-15(8,12)13/h5H,3-4H2,1-2H3,(H2,8,12,13)(H,9,10,11). The Morgan fingerprint density at radius 3 is 2.67 bits per heavy atom. The average molecular weight is 250 g/mol. The quantitative estimate of drug-likeness (QED) is 0.786. The monoisotopic (exact) mass is 250 g/mol. The van der Waals surface area contributed by atoms with Crippen LogP contribution < -0.4 is 10.5 Å². The van der Waals surface area contributed by atoms with Crippen LogP contribution in [0.15, 0.2) is 0 Å². The highest BCUT2D eigenvalue weighted by Crippen LogP contribution is 2.16. The van der Waals surface area contributed by atoms with E-state index in [-0.39, 0.29) is 18.2 Å². The molecule has 1 heterocycles. The Kier molecular flexibility index (Phi) is 4.00. The second-order valence-electron chi connectivity index (χ2n) is 3.41. The summed E-state index contributed by atoms with van der Waals surface area (Å²) in [4.78, 5) is 4.19. The minimum absolute atomic E-state index is 0.108. The summed E-state index contributed by atoms with van der Waals surface area (Å²) in [6.45, 7) is 4.25. The van der Waals surface area contributed by atoms with E-state index in [0.29, 0.717) is 5.13 Å². The van der Waals surface area contributed by atoms with Gasteiger partial charge in [0.05, 0.1) is 5.75 Å². The highest BCUT2D eigenvalue weighted by molar-refractivity contribution is 7.89. The first-order valence-electron chi connectivity index (χ1n) is 4.46. The van der Waals surface area contributed by atoms with Gasteiger partial charge in [0.2, 0.25) is 15.2 Å². The topological polar surface area (TPSA) is 98.0 Å². The molecule has 1 aromatic heterocycles. The molecule has 8 heteroatoms. The van der Waals surface area contributed by atoms with E-state index >= 15 is 0 Å². The number of anilines is 1. The molecule has 0 saturated heterocycles. The predicted octanol–water partition coefficient (Wildman–Crippen LogP) is 0.362. The Morgan fingerprint density at radius 2 is 2.20 bits per heavy atom. The summed E-state index contributed by atoms with van der Waals surface area (Å²) < 4.78 is 25.4. The number of nitrogens with zero attached hydrogens (tertiary/aromatic N) is 2. The Bertz CT molecular complexity index is 412. The van der Waals surface area contributed by atoms with E-state index in [1.54, 1.807) is 0 Å². The Balaban J connectivity index is 2.45. The Labute approximate surface area is 93.1 Å². The van der Waals surface area contributed by atoms with Crippen LogP contribution in [-0.4, -0.2) is 30.1 Å². The van der Waals surface area contributed by atoms with Gasteiger partial charge in [0.25, 0.3) is 0 Å². The molecule has 0 saturated carbocycles. The minimum atomic E-state index is -3.41. The van der Waals surface area contributed by atoms with E-state index in [2.05, 4.69) is 14.7 Å². The maximum absolute atomic E-state index is 10.6. The summed E-state index contributed by atoms with van der Waals surface area (Å²) in [5.41, 5.74) is 0. The maximum Gasteiger partial charge on any atom is 0.210 e. The molecule has 0 spiro atoms. The van der Waals surface area contributed by atoms with Gasteiger partial charge in [-0.2, -0.15) is 4.37 Å². The molecular formula is C7H14N4O2S2. The molecule has 0 amide bonds. The van der Waals surface area contributed by atoms with Gasteiger partial charge in [0.1, 0.15) is 5.82 Å². The van der Waals surface area contributed by atoms with Crippen LogP contribution in [-0.2, 0) is 10.0 Å². The van der Waals surface area contributed by atoms with E-state index in [0.717, 1.165) is 5.82 Å². The van der Waals surface area contributed by atoms with Crippen LogP contribution in [0, 0.1) is 0 Å². The van der Waals surface area contributed by atoms with Crippen molar-refractivity contribution in [1.29, 1.82) is 0 Å². The summed E-state index contributed by atoms with van der Waals surface area (Å²) in [5.74, 6) is 0.928. The molecule has 0 unspecified atom stereocenters. The van der Waals surface area contributed by atoms with Crippen molar-refractivity contribution in [3.8, 4) is 0 Å². The van der Waals surface area contributed by atoms with Crippen molar-refractivity contribution in [2.45, 2.75) is 19.8 Å². The fourth-order valence-electron chi connectivity index (χ4n) is 0.841. The lowest BCUT2D eigenvalue weighted by atomic mass is 10.2. The van der Waals surface area contributed by atoms with Gasteiger partial charge in [-0.1, -0.05) is 13.8 Å². The number of nitrogens with one attached hydrogen (secondary N) is 1. The zero-order valence-corrected chi connectivity index (χ0v) is 10.2. The lowest BCUT2D eigenvalue weighted by Gasteiger charge is -1.99. The summed E-state index contributed by atoms with van der Waals surface area (Å²) >= 11 is 1.22. The molecule has 0 atom stereocenters. The van der Waals surface area contributed by atoms with Crippen LogP contribution in [0.5, 0.6) is 0 Å². The van der Waals surface area contributed by atoms with Gasteiger partial charge in [-0.25, -0.2) is 18.5 Å². The van der Waals surface area contributed by atoms with Crippen LogP contribution in [0.1, 0.15) is 25.6 Å². The molecule has 0 aliphatic carbocycles. The molecule has 1 rings (SSSR count). The number of nitrogens with two attached hydrogens (primary N) is 1. The molecule has 3 N–H and O–H groups in total. The van der Waals surface area contributed by atoms with E-state index in [9.17, 15) is 8.42 Å². The van der Waals surface area contributed by atoms with Gasteiger partial charge < -0.3 is 5.32 Å². The van der Waals surface area contributed by atoms with Crippen molar-refractivity contribution < 1.29 is 8.42 Å². The summed E-state index contributed by atoms with van der Waals surface area (Å²) in [5, 5.41) is 8.34. The molecule has 0 aliphatic heterocycles. The molecule has 6 nitrogen and oxygen atoms in total. The first-order chi connectivity index (χ1) is 6.88. The van der Waals surface area contributed by atoms with Crippen LogP contribution in [0.3, 0.4) is 0 Å². The molecule has 0 fully saturated rings. The van der Waals surface area contributed by atoms with Gasteiger partial charge in [-0.3, -0.25) is 0 Å². The smallest absolute Gasteiger partial charge is 0.210 e. The third-order valence-corrected chi connectivity index (χ3v) is 3.08. The first-order valence-corrected chi connectivity index (χ1v) is 6.95. The third-order valence-electron chi connectivity index (χ3n) is 1.62. The average Bonchev–Trinajstić information content (AvgIpc) is 2.50. The second-order valence-corrected chi connectivity index (χ2v) is 5.89. The van der Waals surface area contributed by atoms with Crippen LogP contribution in [0.2, 0.25) is 0 Å². The van der Waals surface area contributed by atoms with Crippen molar-refractivity contribution in [1.82, 2.24) is 9.36 Å². The lowest BCUT2D eigenvalue weighted by molar-refractivity contribution is 0.598. The molecule has 0 aromatic carbocycles. The van der Waals surface area contributed by atoms with Crippen LogP contribution in [0.4, 0.5) is 5.13 Å². The second kappa shape index (κ2) is 4.86. The fourth-order valence-corrected chi connectivity index (χ4v) is 1.96. The van der Waals surface area contributed by atoms with Crippen molar-refractivity contribution in [3.05, 3.63) is 5.82 Å². The van der Waals surface area contributed by atoms with Gasteiger partial charge in [-0.15, -0.1) is 0 Å². The highest BCUT2D eigenvalue weighted by Gasteiger charge is 2.08. The van der Waals surface area contributed by atoms with Gasteiger partial charge in [0, 0.05) is 24.0 Å². The number of sulfonamides is 1. The molecule has 0 radical (unpaired) electrons. The molecule has 0 bridgehead atoms. The first kappa shape index (κ1) is 12.3. The fraction of sp³-hybridized carbons (Fsp3) is 0.714. The van der Waals surface area contributed by atoms with Crippen molar-refractivity contribution in [2.75, 3.05) is 17.6 Å².